The molecule has 25 heavy (non-hydrogen) atoms. The van der Waals surface area contributed by atoms with Gasteiger partial charge in [-0.1, -0.05) is 12.1 Å². The van der Waals surface area contributed by atoms with Crippen molar-refractivity contribution in [1.82, 2.24) is 0 Å². The molecule has 0 saturated heterocycles. The monoisotopic (exact) mass is 341 g/mol. The molecule has 6 heteroatoms. The molecule has 2 aromatic carbocycles. The van der Waals surface area contributed by atoms with Crippen LogP contribution in [-0.4, -0.2) is 26.4 Å². The van der Waals surface area contributed by atoms with Crippen LogP contribution in [0.25, 0.3) is 0 Å². The Morgan fingerprint density at radius 3 is 2.76 bits per heavy atom. The number of carbonyl (C=O) groups excluding carboxylic acids is 1. The number of ether oxygens (including phenoxy) is 4. The molecular formula is C19H19NO5. The number of para-hydroxylation sites is 1. The molecule has 0 fully saturated rings. The first-order chi connectivity index (χ1) is 12.2. The van der Waals surface area contributed by atoms with E-state index in [0.717, 1.165) is 16.8 Å². The van der Waals surface area contributed by atoms with E-state index in [1.165, 1.54) is 0 Å². The van der Waals surface area contributed by atoms with Crippen LogP contribution in [0.1, 0.15) is 30.4 Å². The van der Waals surface area contributed by atoms with Crippen molar-refractivity contribution in [2.24, 2.45) is 0 Å². The van der Waals surface area contributed by atoms with E-state index in [-0.39, 0.29) is 18.6 Å². The lowest BCUT2D eigenvalue weighted by Crippen LogP contribution is -2.24. The zero-order chi connectivity index (χ0) is 17.4. The van der Waals surface area contributed by atoms with Crippen LogP contribution in [0.15, 0.2) is 30.3 Å². The van der Waals surface area contributed by atoms with Crippen LogP contribution in [0.5, 0.6) is 23.0 Å². The molecule has 0 aromatic heterocycles. The third-order valence-corrected chi connectivity index (χ3v) is 4.48. The first-order valence-corrected chi connectivity index (χ1v) is 8.24. The van der Waals surface area contributed by atoms with Crippen molar-refractivity contribution in [2.45, 2.75) is 19.3 Å². The van der Waals surface area contributed by atoms with Gasteiger partial charge in [0.15, 0.2) is 23.0 Å². The quantitative estimate of drug-likeness (QED) is 0.924. The standard InChI is InChI=1S/C19H19NO5/c1-3-23-19-11(5-4-6-15(19)22-2)12-8-18(21)20-14-9-17-16(7-13(12)14)24-10-25-17/h4-7,9,12H,3,8,10H2,1-2H3,(H,20,21). The van der Waals surface area contributed by atoms with Gasteiger partial charge in [0.1, 0.15) is 0 Å². The zero-order valence-corrected chi connectivity index (χ0v) is 14.1. The number of hydrogen-bond donors (Lipinski definition) is 1. The average Bonchev–Trinajstić information content (AvgIpc) is 3.07. The lowest BCUT2D eigenvalue weighted by Gasteiger charge is -2.28. The number of benzene rings is 2. The Bertz CT molecular complexity index is 833. The van der Waals surface area contributed by atoms with E-state index in [2.05, 4.69) is 5.32 Å². The van der Waals surface area contributed by atoms with Gasteiger partial charge >= 0.3 is 0 Å². The Labute approximate surface area is 145 Å². The highest BCUT2D eigenvalue weighted by atomic mass is 16.7. The van der Waals surface area contributed by atoms with E-state index in [1.807, 2.05) is 37.3 Å². The lowest BCUT2D eigenvalue weighted by atomic mass is 9.84. The lowest BCUT2D eigenvalue weighted by molar-refractivity contribution is -0.116. The van der Waals surface area contributed by atoms with E-state index in [0.29, 0.717) is 36.0 Å². The van der Waals surface area contributed by atoms with Gasteiger partial charge in [-0.2, -0.15) is 0 Å². The first-order valence-electron chi connectivity index (χ1n) is 8.24. The highest BCUT2D eigenvalue weighted by Crippen LogP contribution is 2.47. The van der Waals surface area contributed by atoms with Crippen LogP contribution in [0, 0.1) is 0 Å². The summed E-state index contributed by atoms with van der Waals surface area (Å²) in [5.74, 6) is 2.50. The van der Waals surface area contributed by atoms with Gasteiger partial charge in [-0.3, -0.25) is 4.79 Å². The Balaban J connectivity index is 1.86. The predicted octanol–water partition coefficient (Wildman–Crippen LogP) is 3.30. The highest BCUT2D eigenvalue weighted by Gasteiger charge is 2.32. The molecule has 0 aliphatic carbocycles. The molecule has 6 nitrogen and oxygen atoms in total. The zero-order valence-electron chi connectivity index (χ0n) is 14.1. The molecule has 1 amide bonds. The molecule has 130 valence electrons. The van der Waals surface area contributed by atoms with Crippen molar-refractivity contribution < 1.29 is 23.7 Å². The summed E-state index contributed by atoms with van der Waals surface area (Å²) >= 11 is 0. The van der Waals surface area contributed by atoms with Crippen molar-refractivity contribution in [1.29, 1.82) is 0 Å². The van der Waals surface area contributed by atoms with Crippen LogP contribution in [0.2, 0.25) is 0 Å². The van der Waals surface area contributed by atoms with Crippen LogP contribution in [0.3, 0.4) is 0 Å². The molecular weight excluding hydrogens is 322 g/mol. The van der Waals surface area contributed by atoms with Gasteiger partial charge in [-0.25, -0.2) is 0 Å². The Morgan fingerprint density at radius 1 is 1.20 bits per heavy atom. The Morgan fingerprint density at radius 2 is 2.00 bits per heavy atom. The predicted molar refractivity (Wildman–Crippen MR) is 91.8 cm³/mol. The van der Waals surface area contributed by atoms with Crippen molar-refractivity contribution >= 4 is 11.6 Å². The van der Waals surface area contributed by atoms with Crippen molar-refractivity contribution in [3.8, 4) is 23.0 Å². The molecule has 1 unspecified atom stereocenters. The molecule has 0 bridgehead atoms. The molecule has 0 saturated carbocycles. The minimum atomic E-state index is -0.144. The minimum Gasteiger partial charge on any atom is -0.493 e. The third-order valence-electron chi connectivity index (χ3n) is 4.48. The third kappa shape index (κ3) is 2.63. The summed E-state index contributed by atoms with van der Waals surface area (Å²) < 4.78 is 22.2. The second kappa shape index (κ2) is 6.20. The Hall–Kier alpha value is -2.89. The van der Waals surface area contributed by atoms with Crippen LogP contribution in [0.4, 0.5) is 5.69 Å². The molecule has 2 aliphatic heterocycles. The molecule has 1 atom stereocenters. The van der Waals surface area contributed by atoms with Crippen LogP contribution < -0.4 is 24.3 Å². The maximum Gasteiger partial charge on any atom is 0.231 e. The fourth-order valence-electron chi connectivity index (χ4n) is 3.40. The van der Waals surface area contributed by atoms with Crippen LogP contribution in [-0.2, 0) is 4.79 Å². The minimum absolute atomic E-state index is 0.0402. The molecule has 2 aliphatic rings. The highest BCUT2D eigenvalue weighted by molar-refractivity contribution is 5.96. The van der Waals surface area contributed by atoms with Crippen molar-refractivity contribution in [2.75, 3.05) is 25.8 Å². The van der Waals surface area contributed by atoms with Crippen molar-refractivity contribution in [3.05, 3.63) is 41.5 Å². The van der Waals surface area contributed by atoms with Gasteiger partial charge in [-0.15, -0.1) is 0 Å². The SMILES string of the molecule is CCOc1c(OC)cccc1C1CC(=O)Nc2cc3c(cc21)OCO3. The number of methoxy groups -OCH3 is 1. The summed E-state index contributed by atoms with van der Waals surface area (Å²) in [5, 5.41) is 2.92. The number of fused-ring (bicyclic) bond motifs is 2. The Kier molecular flexibility index (Phi) is 3.87. The summed E-state index contributed by atoms with van der Waals surface area (Å²) in [6, 6.07) is 9.51. The molecule has 0 radical (unpaired) electrons. The fraction of sp³-hybridized carbons (Fsp3) is 0.316. The summed E-state index contributed by atoms with van der Waals surface area (Å²) in [5.41, 5.74) is 2.66. The van der Waals surface area contributed by atoms with Gasteiger partial charge in [-0.05, 0) is 24.6 Å². The van der Waals surface area contributed by atoms with Gasteiger partial charge in [0, 0.05) is 29.7 Å². The second-order valence-corrected chi connectivity index (χ2v) is 5.91. The van der Waals surface area contributed by atoms with Gasteiger partial charge in [0.2, 0.25) is 12.7 Å². The second-order valence-electron chi connectivity index (χ2n) is 5.91. The topological polar surface area (TPSA) is 66.0 Å². The van der Waals surface area contributed by atoms with E-state index in [9.17, 15) is 4.79 Å². The van der Waals surface area contributed by atoms with Crippen molar-refractivity contribution in [3.63, 3.8) is 0 Å². The number of amides is 1. The smallest absolute Gasteiger partial charge is 0.231 e. The molecule has 1 N–H and O–H groups in total. The summed E-state index contributed by atoms with van der Waals surface area (Å²) in [7, 11) is 1.61. The number of nitrogens with one attached hydrogen (secondary N) is 1. The van der Waals surface area contributed by atoms with E-state index >= 15 is 0 Å². The van der Waals surface area contributed by atoms with Gasteiger partial charge in [0.05, 0.1) is 13.7 Å². The molecule has 4 rings (SSSR count). The van der Waals surface area contributed by atoms with Gasteiger partial charge < -0.3 is 24.3 Å². The van der Waals surface area contributed by atoms with E-state index in [1.54, 1.807) is 7.11 Å². The van der Waals surface area contributed by atoms with Gasteiger partial charge in [0.25, 0.3) is 0 Å². The maximum absolute atomic E-state index is 12.3. The number of anilines is 1. The number of rotatable bonds is 4. The van der Waals surface area contributed by atoms with E-state index < -0.39 is 0 Å². The number of hydrogen-bond acceptors (Lipinski definition) is 5. The summed E-state index contributed by atoms with van der Waals surface area (Å²) in [4.78, 5) is 12.3. The molecule has 0 spiro atoms. The first kappa shape index (κ1) is 15.6. The molecule has 2 aromatic rings. The summed E-state index contributed by atoms with van der Waals surface area (Å²) in [6.07, 6.45) is 0.333. The van der Waals surface area contributed by atoms with Crippen LogP contribution >= 0.6 is 0 Å². The number of carbonyl (C=O) groups is 1. The van der Waals surface area contributed by atoms with E-state index in [4.69, 9.17) is 18.9 Å². The largest absolute Gasteiger partial charge is 0.493 e. The molecule has 2 heterocycles. The normalized spacial score (nSPS) is 17.7. The maximum atomic E-state index is 12.3. The fourth-order valence-corrected chi connectivity index (χ4v) is 3.40. The summed E-state index contributed by atoms with van der Waals surface area (Å²) in [6.45, 7) is 2.64. The average molecular weight is 341 g/mol.